The Morgan fingerprint density at radius 3 is 2.73 bits per heavy atom. The van der Waals surface area contributed by atoms with Gasteiger partial charge in [-0.2, -0.15) is 0 Å². The standard InChI is InChI=1S/C19H26O3/c1-10-7-11-8-12(20)3-4-13(11)18-15(21)9-19(2)14(17(10)18)5-6-16(19)22/h3-4,8,10,14-18,20-22H,5-7,9H2,1-2H3/t10-,14+,15+,16+,17+,18+,19+/m1/s1. The van der Waals surface area contributed by atoms with E-state index in [0.29, 0.717) is 29.9 Å². The first kappa shape index (κ1) is 14.5. The van der Waals surface area contributed by atoms with E-state index in [9.17, 15) is 15.3 Å². The average Bonchev–Trinajstić information content (AvgIpc) is 2.74. The Morgan fingerprint density at radius 2 is 1.95 bits per heavy atom. The molecular weight excluding hydrogens is 276 g/mol. The maximum absolute atomic E-state index is 10.9. The summed E-state index contributed by atoms with van der Waals surface area (Å²) in [5.41, 5.74) is 2.27. The summed E-state index contributed by atoms with van der Waals surface area (Å²) < 4.78 is 0. The minimum absolute atomic E-state index is 0.136. The zero-order valence-corrected chi connectivity index (χ0v) is 13.4. The fraction of sp³-hybridized carbons (Fsp3) is 0.684. The molecule has 4 rings (SSSR count). The van der Waals surface area contributed by atoms with Crippen molar-refractivity contribution < 1.29 is 15.3 Å². The van der Waals surface area contributed by atoms with Crippen LogP contribution in [0.1, 0.15) is 50.2 Å². The molecule has 0 spiro atoms. The van der Waals surface area contributed by atoms with Gasteiger partial charge < -0.3 is 15.3 Å². The molecule has 7 atom stereocenters. The van der Waals surface area contributed by atoms with Crippen LogP contribution in [0.15, 0.2) is 18.2 Å². The topological polar surface area (TPSA) is 60.7 Å². The van der Waals surface area contributed by atoms with Crippen LogP contribution in [0.2, 0.25) is 0 Å². The molecule has 22 heavy (non-hydrogen) atoms. The van der Waals surface area contributed by atoms with Gasteiger partial charge in [-0.1, -0.05) is 19.9 Å². The average molecular weight is 302 g/mol. The number of hydrogen-bond acceptors (Lipinski definition) is 3. The molecule has 0 aliphatic heterocycles. The van der Waals surface area contributed by atoms with Crippen LogP contribution in [0.5, 0.6) is 5.75 Å². The van der Waals surface area contributed by atoms with E-state index in [4.69, 9.17) is 0 Å². The van der Waals surface area contributed by atoms with Crippen molar-refractivity contribution in [3.05, 3.63) is 29.3 Å². The van der Waals surface area contributed by atoms with E-state index >= 15 is 0 Å². The van der Waals surface area contributed by atoms with Gasteiger partial charge in [-0.05, 0) is 72.1 Å². The summed E-state index contributed by atoms with van der Waals surface area (Å²) in [6, 6.07) is 5.62. The fourth-order valence-corrected chi connectivity index (χ4v) is 5.99. The SMILES string of the molecule is C[C@@H]1Cc2cc(O)ccc2[C@@H]2[C@@H]1[C@@H]1CC[C@H](O)[C@@]1(C)C[C@@H]2O. The molecule has 3 heteroatoms. The molecule has 2 fully saturated rings. The Morgan fingerprint density at radius 1 is 1.18 bits per heavy atom. The van der Waals surface area contributed by atoms with Gasteiger partial charge in [-0.15, -0.1) is 0 Å². The predicted molar refractivity (Wildman–Crippen MR) is 84.7 cm³/mol. The van der Waals surface area contributed by atoms with Crippen LogP contribution in [-0.2, 0) is 6.42 Å². The van der Waals surface area contributed by atoms with Crippen LogP contribution in [0.4, 0.5) is 0 Å². The normalized spacial score (nSPS) is 46.7. The molecule has 3 aliphatic rings. The number of aliphatic hydroxyl groups is 2. The molecule has 0 heterocycles. The van der Waals surface area contributed by atoms with Gasteiger partial charge in [0, 0.05) is 5.92 Å². The number of fused-ring (bicyclic) bond motifs is 5. The molecule has 0 unspecified atom stereocenters. The zero-order chi connectivity index (χ0) is 15.6. The lowest BCUT2D eigenvalue weighted by molar-refractivity contribution is -0.0914. The van der Waals surface area contributed by atoms with Gasteiger partial charge in [0.25, 0.3) is 0 Å². The van der Waals surface area contributed by atoms with Crippen molar-refractivity contribution >= 4 is 0 Å². The molecule has 1 aromatic carbocycles. The van der Waals surface area contributed by atoms with Gasteiger partial charge in [-0.25, -0.2) is 0 Å². The highest BCUT2D eigenvalue weighted by Crippen LogP contribution is 2.62. The maximum Gasteiger partial charge on any atom is 0.115 e. The minimum atomic E-state index is -0.398. The molecule has 0 radical (unpaired) electrons. The number of aromatic hydroxyl groups is 1. The Kier molecular flexibility index (Phi) is 3.11. The minimum Gasteiger partial charge on any atom is -0.508 e. The van der Waals surface area contributed by atoms with Crippen molar-refractivity contribution in [2.75, 3.05) is 0 Å². The molecule has 3 N–H and O–H groups in total. The number of phenols is 1. The second-order valence-electron chi connectivity index (χ2n) is 8.14. The van der Waals surface area contributed by atoms with Crippen LogP contribution in [0.3, 0.4) is 0 Å². The van der Waals surface area contributed by atoms with Crippen molar-refractivity contribution in [3.8, 4) is 5.75 Å². The van der Waals surface area contributed by atoms with Crippen LogP contribution < -0.4 is 0 Å². The first-order chi connectivity index (χ1) is 10.4. The highest BCUT2D eigenvalue weighted by atomic mass is 16.3. The summed E-state index contributed by atoms with van der Waals surface area (Å²) in [5, 5.41) is 31.1. The van der Waals surface area contributed by atoms with Gasteiger partial charge >= 0.3 is 0 Å². The van der Waals surface area contributed by atoms with Crippen LogP contribution in [0, 0.1) is 23.2 Å². The quantitative estimate of drug-likeness (QED) is 0.690. The third kappa shape index (κ3) is 1.82. The first-order valence-corrected chi connectivity index (χ1v) is 8.59. The van der Waals surface area contributed by atoms with Crippen LogP contribution in [0.25, 0.3) is 0 Å². The van der Waals surface area contributed by atoms with Crippen molar-refractivity contribution in [3.63, 3.8) is 0 Å². The third-order valence-corrected chi connectivity index (χ3v) is 6.99. The summed E-state index contributed by atoms with van der Waals surface area (Å²) in [4.78, 5) is 0. The van der Waals surface area contributed by atoms with Crippen molar-refractivity contribution in [2.45, 2.75) is 57.7 Å². The molecule has 0 amide bonds. The molecule has 3 nitrogen and oxygen atoms in total. The van der Waals surface area contributed by atoms with E-state index in [0.717, 1.165) is 19.3 Å². The second kappa shape index (κ2) is 4.72. The van der Waals surface area contributed by atoms with Gasteiger partial charge in [0.1, 0.15) is 5.75 Å². The summed E-state index contributed by atoms with van der Waals surface area (Å²) in [5.74, 6) is 1.87. The Labute approximate surface area is 132 Å². The van der Waals surface area contributed by atoms with E-state index in [-0.39, 0.29) is 17.4 Å². The summed E-state index contributed by atoms with van der Waals surface area (Å²) in [6.45, 7) is 4.45. The number of phenolic OH excluding ortho intramolecular Hbond substituents is 1. The molecule has 0 saturated heterocycles. The van der Waals surface area contributed by atoms with Crippen molar-refractivity contribution in [1.82, 2.24) is 0 Å². The molecule has 0 bridgehead atoms. The van der Waals surface area contributed by atoms with E-state index in [1.165, 1.54) is 11.1 Å². The van der Waals surface area contributed by atoms with Gasteiger partial charge in [-0.3, -0.25) is 0 Å². The lowest BCUT2D eigenvalue weighted by atomic mass is 9.52. The van der Waals surface area contributed by atoms with Crippen LogP contribution >= 0.6 is 0 Å². The lowest BCUT2D eigenvalue weighted by Gasteiger charge is -2.54. The number of benzene rings is 1. The fourth-order valence-electron chi connectivity index (χ4n) is 5.99. The molecule has 2 saturated carbocycles. The number of aliphatic hydroxyl groups excluding tert-OH is 2. The predicted octanol–water partition coefficient (Wildman–Crippen LogP) is 2.83. The maximum atomic E-state index is 10.9. The van der Waals surface area contributed by atoms with Gasteiger partial charge in [0.15, 0.2) is 0 Å². The van der Waals surface area contributed by atoms with Crippen molar-refractivity contribution in [1.29, 1.82) is 0 Å². The monoisotopic (exact) mass is 302 g/mol. The summed E-state index contributed by atoms with van der Waals surface area (Å²) in [6.07, 6.45) is 2.91. The molecule has 0 aromatic heterocycles. The highest BCUT2D eigenvalue weighted by molar-refractivity contribution is 5.41. The Bertz CT molecular complexity index is 598. The largest absolute Gasteiger partial charge is 0.508 e. The van der Waals surface area contributed by atoms with E-state index in [2.05, 4.69) is 13.8 Å². The zero-order valence-electron chi connectivity index (χ0n) is 13.4. The number of rotatable bonds is 0. The first-order valence-electron chi connectivity index (χ1n) is 8.59. The second-order valence-corrected chi connectivity index (χ2v) is 8.14. The molecule has 1 aromatic rings. The smallest absolute Gasteiger partial charge is 0.115 e. The van der Waals surface area contributed by atoms with E-state index < -0.39 is 6.10 Å². The van der Waals surface area contributed by atoms with Gasteiger partial charge in [0.2, 0.25) is 0 Å². The lowest BCUT2D eigenvalue weighted by Crippen LogP contribution is -2.52. The number of hydrogen-bond donors (Lipinski definition) is 3. The summed E-state index contributed by atoms with van der Waals surface area (Å²) >= 11 is 0. The molecular formula is C19H26O3. The van der Waals surface area contributed by atoms with E-state index in [1.807, 2.05) is 12.1 Å². The van der Waals surface area contributed by atoms with Crippen molar-refractivity contribution in [2.24, 2.45) is 23.2 Å². The molecule has 3 aliphatic carbocycles. The Hall–Kier alpha value is -1.06. The third-order valence-electron chi connectivity index (χ3n) is 6.99. The van der Waals surface area contributed by atoms with Gasteiger partial charge in [0.05, 0.1) is 12.2 Å². The van der Waals surface area contributed by atoms with Crippen LogP contribution in [-0.4, -0.2) is 27.5 Å². The Balaban J connectivity index is 1.81. The van der Waals surface area contributed by atoms with E-state index in [1.54, 1.807) is 6.07 Å². The molecule has 120 valence electrons. The summed E-state index contributed by atoms with van der Waals surface area (Å²) in [7, 11) is 0. The highest BCUT2D eigenvalue weighted by Gasteiger charge is 2.58.